The van der Waals surface area contributed by atoms with Crippen LogP contribution in [0.15, 0.2) is 24.4 Å². The number of carbonyl (C=O) groups is 2. The van der Waals surface area contributed by atoms with Gasteiger partial charge in [0.05, 0.1) is 17.6 Å². The highest BCUT2D eigenvalue weighted by Gasteiger charge is 2.18. The van der Waals surface area contributed by atoms with Crippen LogP contribution in [0.3, 0.4) is 0 Å². The summed E-state index contributed by atoms with van der Waals surface area (Å²) in [4.78, 5) is 22.3. The maximum Gasteiger partial charge on any atom is 0.271 e. The topological polar surface area (TPSA) is 130 Å². The first-order valence-electron chi connectivity index (χ1n) is 5.15. The lowest BCUT2D eigenvalue weighted by molar-refractivity contribution is 0.0989. The van der Waals surface area contributed by atoms with Crippen molar-refractivity contribution in [3.63, 3.8) is 0 Å². The van der Waals surface area contributed by atoms with Crippen LogP contribution in [0.1, 0.15) is 20.8 Å². The van der Waals surface area contributed by atoms with E-state index in [1.807, 2.05) is 0 Å². The van der Waals surface area contributed by atoms with Gasteiger partial charge in [-0.1, -0.05) is 6.07 Å². The largest absolute Gasteiger partial charge is 0.396 e. The zero-order valence-corrected chi connectivity index (χ0v) is 9.63. The van der Waals surface area contributed by atoms with Crippen molar-refractivity contribution >= 4 is 17.5 Å². The van der Waals surface area contributed by atoms with Gasteiger partial charge >= 0.3 is 0 Å². The zero-order chi connectivity index (χ0) is 14.2. The fraction of sp³-hybridized carbons (Fsp3) is 0. The van der Waals surface area contributed by atoms with Crippen molar-refractivity contribution in [1.82, 2.24) is 9.78 Å². The van der Waals surface area contributed by atoms with Gasteiger partial charge in [-0.25, -0.2) is 9.07 Å². The highest BCUT2D eigenvalue weighted by molar-refractivity contribution is 5.98. The molecule has 0 fully saturated rings. The Kier molecular flexibility index (Phi) is 2.91. The van der Waals surface area contributed by atoms with E-state index in [1.54, 1.807) is 0 Å². The van der Waals surface area contributed by atoms with Crippen molar-refractivity contribution in [2.75, 3.05) is 5.73 Å². The molecule has 7 nitrogen and oxygen atoms in total. The molecule has 1 heterocycles. The predicted molar refractivity (Wildman–Crippen MR) is 65.0 cm³/mol. The van der Waals surface area contributed by atoms with Gasteiger partial charge in [0, 0.05) is 0 Å². The molecular formula is C11H10FN5O2. The standard InChI is InChI=1S/C11H10FN5O2/c12-5-2-1-3-7(8(5)10(14)18)17-4-6(13)9(16-17)11(15)19/h1-4H,13H2,(H2,14,18)(H2,15,19). The number of halogens is 1. The molecule has 0 aliphatic heterocycles. The Balaban J connectivity index is 2.66. The van der Waals surface area contributed by atoms with Crippen molar-refractivity contribution in [3.05, 3.63) is 41.5 Å². The summed E-state index contributed by atoms with van der Waals surface area (Å²) < 4.78 is 14.7. The molecule has 0 saturated heterocycles. The highest BCUT2D eigenvalue weighted by Crippen LogP contribution is 2.19. The molecule has 2 amide bonds. The van der Waals surface area contributed by atoms with Crippen LogP contribution in [-0.4, -0.2) is 21.6 Å². The van der Waals surface area contributed by atoms with Crippen LogP contribution in [0.4, 0.5) is 10.1 Å². The van der Waals surface area contributed by atoms with Gasteiger partial charge in [-0.2, -0.15) is 5.10 Å². The molecule has 0 radical (unpaired) electrons. The van der Waals surface area contributed by atoms with Crippen molar-refractivity contribution in [2.24, 2.45) is 11.5 Å². The van der Waals surface area contributed by atoms with Crippen LogP contribution < -0.4 is 17.2 Å². The molecule has 0 atom stereocenters. The van der Waals surface area contributed by atoms with E-state index in [0.717, 1.165) is 10.7 Å². The van der Waals surface area contributed by atoms with Crippen LogP contribution >= 0.6 is 0 Å². The van der Waals surface area contributed by atoms with Crippen LogP contribution in [0, 0.1) is 5.82 Å². The number of nitrogen functional groups attached to an aromatic ring is 1. The van der Waals surface area contributed by atoms with Crippen LogP contribution in [0.25, 0.3) is 5.69 Å². The van der Waals surface area contributed by atoms with Gasteiger partial charge in [-0.3, -0.25) is 9.59 Å². The minimum absolute atomic E-state index is 0.0205. The smallest absolute Gasteiger partial charge is 0.271 e. The van der Waals surface area contributed by atoms with Crippen molar-refractivity contribution in [2.45, 2.75) is 0 Å². The van der Waals surface area contributed by atoms with Gasteiger partial charge in [-0.05, 0) is 12.1 Å². The quantitative estimate of drug-likeness (QED) is 0.707. The second-order valence-electron chi connectivity index (χ2n) is 3.74. The number of primary amides is 2. The summed E-state index contributed by atoms with van der Waals surface area (Å²) >= 11 is 0. The number of nitrogens with two attached hydrogens (primary N) is 3. The molecule has 1 aromatic heterocycles. The lowest BCUT2D eigenvalue weighted by Gasteiger charge is -2.07. The van der Waals surface area contributed by atoms with Crippen molar-refractivity contribution < 1.29 is 14.0 Å². The summed E-state index contributed by atoms with van der Waals surface area (Å²) in [5, 5.41) is 3.81. The third-order valence-electron chi connectivity index (χ3n) is 2.46. The Morgan fingerprint density at radius 1 is 1.21 bits per heavy atom. The first-order valence-corrected chi connectivity index (χ1v) is 5.15. The molecule has 2 rings (SSSR count). The van der Waals surface area contributed by atoms with Crippen LogP contribution in [-0.2, 0) is 0 Å². The maximum atomic E-state index is 13.6. The fourth-order valence-corrected chi connectivity index (χ4v) is 1.65. The Bertz CT molecular complexity index is 680. The molecule has 0 aliphatic rings. The van der Waals surface area contributed by atoms with E-state index in [0.29, 0.717) is 0 Å². The van der Waals surface area contributed by atoms with Crippen molar-refractivity contribution in [3.8, 4) is 5.69 Å². The summed E-state index contributed by atoms with van der Waals surface area (Å²) in [6, 6.07) is 3.88. The second-order valence-corrected chi connectivity index (χ2v) is 3.74. The third-order valence-corrected chi connectivity index (χ3v) is 2.46. The van der Waals surface area contributed by atoms with Gasteiger partial charge < -0.3 is 17.2 Å². The Hall–Kier alpha value is -2.90. The molecule has 6 N–H and O–H groups in total. The van der Waals surface area contributed by atoms with E-state index >= 15 is 0 Å². The number of amides is 2. The number of rotatable bonds is 3. The summed E-state index contributed by atoms with van der Waals surface area (Å²) in [5.74, 6) is -2.57. The number of anilines is 1. The van der Waals surface area contributed by atoms with Crippen molar-refractivity contribution in [1.29, 1.82) is 0 Å². The molecule has 0 aliphatic carbocycles. The minimum atomic E-state index is -0.956. The molecule has 1 aromatic carbocycles. The lowest BCUT2D eigenvalue weighted by Crippen LogP contribution is -2.18. The number of hydrogen-bond acceptors (Lipinski definition) is 4. The molecule has 8 heteroatoms. The molecule has 0 unspecified atom stereocenters. The van der Waals surface area contributed by atoms with Crippen LogP contribution in [0.5, 0.6) is 0 Å². The molecule has 0 spiro atoms. The molecule has 98 valence electrons. The summed E-state index contributed by atoms with van der Waals surface area (Å²) in [5.41, 5.74) is 15.3. The van der Waals surface area contributed by atoms with E-state index in [-0.39, 0.29) is 22.6 Å². The average molecular weight is 263 g/mol. The first-order chi connectivity index (χ1) is 8.91. The van der Waals surface area contributed by atoms with Crippen LogP contribution in [0.2, 0.25) is 0 Å². The Morgan fingerprint density at radius 2 is 1.89 bits per heavy atom. The predicted octanol–water partition coefficient (Wildman–Crippen LogP) is -0.209. The fourth-order valence-electron chi connectivity index (χ4n) is 1.65. The minimum Gasteiger partial charge on any atom is -0.396 e. The zero-order valence-electron chi connectivity index (χ0n) is 9.63. The van der Waals surface area contributed by atoms with Gasteiger partial charge in [-0.15, -0.1) is 0 Å². The van der Waals surface area contributed by atoms with Gasteiger partial charge in [0.1, 0.15) is 11.4 Å². The number of benzene rings is 1. The number of hydrogen-bond donors (Lipinski definition) is 3. The SMILES string of the molecule is NC(=O)c1nn(-c2cccc(F)c2C(N)=O)cc1N. The third kappa shape index (κ3) is 2.10. The van der Waals surface area contributed by atoms with Gasteiger partial charge in [0.2, 0.25) is 0 Å². The first kappa shape index (κ1) is 12.6. The van der Waals surface area contributed by atoms with E-state index in [4.69, 9.17) is 17.2 Å². The maximum absolute atomic E-state index is 13.6. The second kappa shape index (κ2) is 4.41. The number of carbonyl (C=O) groups excluding carboxylic acids is 2. The van der Waals surface area contributed by atoms with E-state index in [2.05, 4.69) is 5.10 Å². The normalized spacial score (nSPS) is 10.4. The molecule has 0 bridgehead atoms. The molecule has 2 aromatic rings. The molecule has 0 saturated carbocycles. The summed E-state index contributed by atoms with van der Waals surface area (Å²) in [7, 11) is 0. The average Bonchev–Trinajstić information content (AvgIpc) is 2.70. The molecular weight excluding hydrogens is 253 g/mol. The summed E-state index contributed by atoms with van der Waals surface area (Å²) in [6.07, 6.45) is 1.25. The van der Waals surface area contributed by atoms with E-state index in [9.17, 15) is 14.0 Å². The number of nitrogens with zero attached hydrogens (tertiary/aromatic N) is 2. The monoisotopic (exact) mass is 263 g/mol. The highest BCUT2D eigenvalue weighted by atomic mass is 19.1. The Morgan fingerprint density at radius 3 is 2.42 bits per heavy atom. The number of aromatic nitrogens is 2. The van der Waals surface area contributed by atoms with Gasteiger partial charge in [0.15, 0.2) is 5.69 Å². The lowest BCUT2D eigenvalue weighted by atomic mass is 10.1. The van der Waals surface area contributed by atoms with E-state index in [1.165, 1.54) is 18.3 Å². The molecule has 19 heavy (non-hydrogen) atoms. The van der Waals surface area contributed by atoms with Gasteiger partial charge in [0.25, 0.3) is 11.8 Å². The van der Waals surface area contributed by atoms with E-state index < -0.39 is 17.6 Å². The Labute approximate surface area is 106 Å². The summed E-state index contributed by atoms with van der Waals surface area (Å²) in [6.45, 7) is 0.